The van der Waals surface area contributed by atoms with Crippen molar-refractivity contribution < 1.29 is 14.0 Å². The van der Waals surface area contributed by atoms with E-state index in [4.69, 9.17) is 14.7 Å². The maximum absolute atomic E-state index is 14.0. The van der Waals surface area contributed by atoms with Crippen LogP contribution in [-0.2, 0) is 16.6 Å². The minimum atomic E-state index is -0.565. The number of hydrogen-bond donors (Lipinski definition) is 0. The fourth-order valence-electron chi connectivity index (χ4n) is 6.46. The molecule has 5 rings (SSSR count). The predicted octanol–water partition coefficient (Wildman–Crippen LogP) is 4.05. The number of fused-ring (bicyclic) bond motifs is 1. The second-order valence-electron chi connectivity index (χ2n) is 12.5. The van der Waals surface area contributed by atoms with E-state index < -0.39 is 17.1 Å². The van der Waals surface area contributed by atoms with Crippen molar-refractivity contribution in [3.05, 3.63) is 63.1 Å². The Balaban J connectivity index is 1.41. The predicted molar refractivity (Wildman–Crippen MR) is 168 cm³/mol. The number of anilines is 1. The van der Waals surface area contributed by atoms with Gasteiger partial charge in [0.1, 0.15) is 34.5 Å². The largest absolute Gasteiger partial charge is 0.388 e. The molecule has 0 bridgehead atoms. The molecule has 0 N–H and O–H groups in total. The van der Waals surface area contributed by atoms with Gasteiger partial charge in [-0.15, -0.1) is 0 Å². The molecule has 1 saturated heterocycles. The molecule has 236 valence electrons. The van der Waals surface area contributed by atoms with Crippen molar-refractivity contribution in [2.75, 3.05) is 44.8 Å². The summed E-state index contributed by atoms with van der Waals surface area (Å²) in [5.74, 6) is -0.517. The molecule has 4 heterocycles. The smallest absolute Gasteiger partial charge is 0.270 e. The molecule has 0 radical (unpaired) electrons. The molecule has 12 heteroatoms. The van der Waals surface area contributed by atoms with Gasteiger partial charge in [-0.1, -0.05) is 5.16 Å². The van der Waals surface area contributed by atoms with Crippen LogP contribution < -0.4 is 10.5 Å². The molecule has 2 aliphatic rings. The lowest BCUT2D eigenvalue weighted by Crippen LogP contribution is -2.45. The first-order chi connectivity index (χ1) is 21.5. The summed E-state index contributed by atoms with van der Waals surface area (Å²) in [5.41, 5.74) is 2.74. The van der Waals surface area contributed by atoms with Gasteiger partial charge < -0.3 is 19.0 Å². The number of rotatable bonds is 8. The Morgan fingerprint density at radius 2 is 1.84 bits per heavy atom. The van der Waals surface area contributed by atoms with E-state index in [1.54, 1.807) is 32.2 Å². The normalized spacial score (nSPS) is 19.6. The molecule has 1 aliphatic carbocycles. The van der Waals surface area contributed by atoms with Crippen LogP contribution in [0.25, 0.3) is 11.0 Å². The molecule has 3 aromatic rings. The summed E-state index contributed by atoms with van der Waals surface area (Å²) in [6, 6.07) is 10.5. The molecule has 45 heavy (non-hydrogen) atoms. The third-order valence-corrected chi connectivity index (χ3v) is 8.85. The monoisotopic (exact) mass is 614 g/mol. The van der Waals surface area contributed by atoms with E-state index in [1.807, 2.05) is 25.8 Å². The molecule has 0 atom stereocenters. The van der Waals surface area contributed by atoms with Gasteiger partial charge in [-0.25, -0.2) is 9.97 Å². The SMILES string of the molecule is Cc1nc(F)ccc1/C(=N\OC(C)(C)CN1CCOCC1)C1CCC(N(C)c2c(C#N)c(=O)n(C)c3ccc(C#N)nc23)CC1. The van der Waals surface area contributed by atoms with Crippen molar-refractivity contribution in [2.24, 2.45) is 18.1 Å². The van der Waals surface area contributed by atoms with E-state index in [0.717, 1.165) is 50.0 Å². The van der Waals surface area contributed by atoms with Gasteiger partial charge in [-0.05, 0) is 70.7 Å². The van der Waals surface area contributed by atoms with Crippen molar-refractivity contribution in [1.29, 1.82) is 10.5 Å². The van der Waals surface area contributed by atoms with Crippen molar-refractivity contribution in [3.63, 3.8) is 0 Å². The number of ether oxygens (including phenoxy) is 1. The zero-order valence-electron chi connectivity index (χ0n) is 26.5. The van der Waals surface area contributed by atoms with Crippen LogP contribution in [0, 0.1) is 41.5 Å². The number of nitrogens with zero attached hydrogens (tertiary/aromatic N) is 8. The lowest BCUT2D eigenvalue weighted by atomic mass is 9.80. The highest BCUT2D eigenvalue weighted by molar-refractivity contribution is 6.02. The standard InChI is InChI=1S/C33H39FN8O3/c1-21-25(11-13-28(34)37-21)29(39-45-33(2,3)20-42-14-16-44-17-15-42)22-6-9-24(10-7-22)40(4)31-26(19-36)32(43)41(5)27-12-8-23(18-35)38-30(27)31/h8,11-13,22,24H,6-7,9-10,14-17,20H2,1-5H3/b39-29-. The number of pyridine rings is 3. The second-order valence-corrected chi connectivity index (χ2v) is 12.5. The highest BCUT2D eigenvalue weighted by atomic mass is 19.1. The summed E-state index contributed by atoms with van der Waals surface area (Å²) in [5, 5.41) is 24.3. The van der Waals surface area contributed by atoms with Crippen LogP contribution in [0.5, 0.6) is 0 Å². The summed E-state index contributed by atoms with van der Waals surface area (Å²) in [7, 11) is 3.48. The first-order valence-electron chi connectivity index (χ1n) is 15.3. The van der Waals surface area contributed by atoms with E-state index in [0.29, 0.717) is 42.2 Å². The van der Waals surface area contributed by atoms with E-state index in [2.05, 4.69) is 27.0 Å². The lowest BCUT2D eigenvalue weighted by Gasteiger charge is -2.37. The van der Waals surface area contributed by atoms with Gasteiger partial charge in [-0.2, -0.15) is 14.9 Å². The fraction of sp³-hybridized carbons (Fsp3) is 0.515. The van der Waals surface area contributed by atoms with Crippen LogP contribution in [0.4, 0.5) is 10.1 Å². The van der Waals surface area contributed by atoms with Gasteiger partial charge in [0, 0.05) is 56.9 Å². The van der Waals surface area contributed by atoms with E-state index >= 15 is 0 Å². The van der Waals surface area contributed by atoms with Gasteiger partial charge in [0.05, 0.1) is 30.1 Å². The summed E-state index contributed by atoms with van der Waals surface area (Å²) >= 11 is 0. The molecular weight excluding hydrogens is 575 g/mol. The van der Waals surface area contributed by atoms with Crippen molar-refractivity contribution in [1.82, 2.24) is 19.4 Å². The number of nitriles is 2. The molecule has 11 nitrogen and oxygen atoms in total. The third kappa shape index (κ3) is 6.82. The fourth-order valence-corrected chi connectivity index (χ4v) is 6.46. The number of oxime groups is 1. The number of hydrogen-bond acceptors (Lipinski definition) is 10. The molecular formula is C33H39FN8O3. The number of morpholine rings is 1. The molecule has 0 aromatic carbocycles. The van der Waals surface area contributed by atoms with Crippen LogP contribution in [0.2, 0.25) is 0 Å². The molecule has 3 aromatic heterocycles. The number of halogens is 1. The summed E-state index contributed by atoms with van der Waals surface area (Å²) in [4.78, 5) is 32.2. The summed E-state index contributed by atoms with van der Waals surface area (Å²) in [6.45, 7) is 9.56. The van der Waals surface area contributed by atoms with Crippen LogP contribution in [0.1, 0.15) is 62.0 Å². The van der Waals surface area contributed by atoms with Crippen LogP contribution >= 0.6 is 0 Å². The van der Waals surface area contributed by atoms with Gasteiger partial charge >= 0.3 is 0 Å². The van der Waals surface area contributed by atoms with Gasteiger partial charge in [-0.3, -0.25) is 9.69 Å². The van der Waals surface area contributed by atoms with Gasteiger partial charge in [0.2, 0.25) is 5.95 Å². The highest BCUT2D eigenvalue weighted by Gasteiger charge is 2.33. The first-order valence-corrected chi connectivity index (χ1v) is 15.3. The number of aromatic nitrogens is 3. The first kappa shape index (κ1) is 32.0. The van der Waals surface area contributed by atoms with Gasteiger partial charge in [0.25, 0.3) is 5.56 Å². The van der Waals surface area contributed by atoms with Crippen molar-refractivity contribution >= 4 is 22.4 Å². The molecule has 1 aliphatic heterocycles. The summed E-state index contributed by atoms with van der Waals surface area (Å²) in [6.07, 6.45) is 2.98. The number of aryl methyl sites for hydroxylation is 2. The zero-order valence-corrected chi connectivity index (χ0v) is 26.5. The topological polar surface area (TPSA) is 133 Å². The van der Waals surface area contributed by atoms with Crippen LogP contribution in [-0.4, -0.2) is 76.7 Å². The van der Waals surface area contributed by atoms with Crippen molar-refractivity contribution in [2.45, 2.75) is 58.1 Å². The zero-order chi connectivity index (χ0) is 32.3. The maximum atomic E-state index is 14.0. The Morgan fingerprint density at radius 3 is 2.49 bits per heavy atom. The Hall–Kier alpha value is -4.39. The van der Waals surface area contributed by atoms with E-state index in [-0.39, 0.29) is 23.2 Å². The summed E-state index contributed by atoms with van der Waals surface area (Å²) < 4.78 is 20.9. The highest BCUT2D eigenvalue weighted by Crippen LogP contribution is 2.36. The second kappa shape index (κ2) is 13.3. The maximum Gasteiger partial charge on any atom is 0.270 e. The van der Waals surface area contributed by atoms with E-state index in [1.165, 1.54) is 10.6 Å². The Morgan fingerprint density at radius 1 is 1.13 bits per heavy atom. The van der Waals surface area contributed by atoms with Crippen LogP contribution in [0.15, 0.2) is 34.2 Å². The molecule has 1 saturated carbocycles. The third-order valence-electron chi connectivity index (χ3n) is 8.85. The molecule has 2 fully saturated rings. The van der Waals surface area contributed by atoms with Crippen LogP contribution in [0.3, 0.4) is 0 Å². The lowest BCUT2D eigenvalue weighted by molar-refractivity contribution is -0.0578. The molecule has 0 amide bonds. The van der Waals surface area contributed by atoms with Crippen molar-refractivity contribution in [3.8, 4) is 12.1 Å². The van der Waals surface area contributed by atoms with E-state index in [9.17, 15) is 19.7 Å². The van der Waals surface area contributed by atoms with Gasteiger partial charge in [0.15, 0.2) is 0 Å². The average Bonchev–Trinajstić information content (AvgIpc) is 3.03. The Kier molecular flexibility index (Phi) is 9.47. The molecule has 0 spiro atoms. The minimum absolute atomic E-state index is 0.00313. The Bertz CT molecular complexity index is 1740. The molecule has 0 unspecified atom stereocenters. The minimum Gasteiger partial charge on any atom is -0.388 e. The average molecular weight is 615 g/mol. The Labute approximate surface area is 262 Å². The quantitative estimate of drug-likeness (QED) is 0.209.